The molecule has 0 aliphatic heterocycles. The molecule has 2 aromatic carbocycles. The number of ketones is 1. The van der Waals surface area contributed by atoms with E-state index in [1.807, 2.05) is 6.07 Å². The molecular formula is C13H7BrClFO. The molecule has 0 spiro atoms. The van der Waals surface area contributed by atoms with Gasteiger partial charge in [0.2, 0.25) is 0 Å². The molecule has 17 heavy (non-hydrogen) atoms. The number of carbonyl (C=O) groups is 1. The summed E-state index contributed by atoms with van der Waals surface area (Å²) in [6.07, 6.45) is 0. The van der Waals surface area contributed by atoms with Crippen LogP contribution in [0.1, 0.15) is 15.9 Å². The first-order chi connectivity index (χ1) is 8.09. The summed E-state index contributed by atoms with van der Waals surface area (Å²) in [4.78, 5) is 12.1. The van der Waals surface area contributed by atoms with Crippen LogP contribution in [0.2, 0.25) is 5.02 Å². The molecule has 0 amide bonds. The van der Waals surface area contributed by atoms with E-state index in [2.05, 4.69) is 15.9 Å². The summed E-state index contributed by atoms with van der Waals surface area (Å²) >= 11 is 8.95. The highest BCUT2D eigenvalue weighted by molar-refractivity contribution is 9.10. The van der Waals surface area contributed by atoms with E-state index in [1.165, 1.54) is 18.2 Å². The second-order valence-corrected chi connectivity index (χ2v) is 4.70. The lowest BCUT2D eigenvalue weighted by Crippen LogP contribution is -2.02. The maximum Gasteiger partial charge on any atom is 0.194 e. The minimum atomic E-state index is -0.532. The molecule has 0 aliphatic rings. The van der Waals surface area contributed by atoms with Gasteiger partial charge in [0.25, 0.3) is 0 Å². The van der Waals surface area contributed by atoms with Gasteiger partial charge in [0, 0.05) is 15.6 Å². The molecule has 0 radical (unpaired) electrons. The van der Waals surface area contributed by atoms with Crippen molar-refractivity contribution < 1.29 is 9.18 Å². The van der Waals surface area contributed by atoms with E-state index < -0.39 is 5.82 Å². The molecule has 0 atom stereocenters. The van der Waals surface area contributed by atoms with Crippen LogP contribution < -0.4 is 0 Å². The Bertz CT molecular complexity index is 583. The maximum absolute atomic E-state index is 13.0. The molecule has 2 aromatic rings. The number of halogens is 3. The fourth-order valence-corrected chi connectivity index (χ4v) is 2.08. The molecule has 0 saturated heterocycles. The SMILES string of the molecule is O=C(c1ccc(F)c(Cl)c1)c1ccccc1Br. The zero-order chi connectivity index (χ0) is 12.4. The number of carbonyl (C=O) groups excluding carboxylic acids is 1. The normalized spacial score (nSPS) is 10.3. The van der Waals surface area contributed by atoms with Gasteiger partial charge in [-0.2, -0.15) is 0 Å². The Morgan fingerprint density at radius 3 is 2.53 bits per heavy atom. The smallest absolute Gasteiger partial charge is 0.194 e. The van der Waals surface area contributed by atoms with Crippen LogP contribution in [0.5, 0.6) is 0 Å². The standard InChI is InChI=1S/C13H7BrClFO/c14-10-4-2-1-3-9(10)13(17)8-5-6-12(16)11(15)7-8/h1-7H. The van der Waals surface area contributed by atoms with Crippen molar-refractivity contribution >= 4 is 33.3 Å². The Balaban J connectivity index is 2.44. The third kappa shape index (κ3) is 2.56. The molecule has 4 heteroatoms. The van der Waals surface area contributed by atoms with Gasteiger partial charge in [-0.15, -0.1) is 0 Å². The number of benzene rings is 2. The van der Waals surface area contributed by atoms with Crippen molar-refractivity contribution in [2.45, 2.75) is 0 Å². The van der Waals surface area contributed by atoms with E-state index in [-0.39, 0.29) is 10.8 Å². The largest absolute Gasteiger partial charge is 0.289 e. The van der Waals surface area contributed by atoms with Gasteiger partial charge in [0.15, 0.2) is 5.78 Å². The zero-order valence-electron chi connectivity index (χ0n) is 8.58. The van der Waals surface area contributed by atoms with Crippen LogP contribution in [0.4, 0.5) is 4.39 Å². The summed E-state index contributed by atoms with van der Waals surface area (Å²) in [7, 11) is 0. The summed E-state index contributed by atoms with van der Waals surface area (Å²) in [5.74, 6) is -0.727. The summed E-state index contributed by atoms with van der Waals surface area (Å²) < 4.78 is 13.7. The van der Waals surface area contributed by atoms with Crippen LogP contribution in [0.25, 0.3) is 0 Å². The Labute approximate surface area is 111 Å². The summed E-state index contributed by atoms with van der Waals surface area (Å²) in [5.41, 5.74) is 0.887. The van der Waals surface area contributed by atoms with E-state index in [4.69, 9.17) is 11.6 Å². The monoisotopic (exact) mass is 312 g/mol. The highest BCUT2D eigenvalue weighted by Gasteiger charge is 2.13. The number of rotatable bonds is 2. The predicted molar refractivity (Wildman–Crippen MR) is 69.0 cm³/mol. The predicted octanol–water partition coefficient (Wildman–Crippen LogP) is 4.47. The molecule has 86 valence electrons. The Morgan fingerprint density at radius 1 is 1.18 bits per heavy atom. The van der Waals surface area contributed by atoms with Gasteiger partial charge in [-0.05, 0) is 30.3 Å². The lowest BCUT2D eigenvalue weighted by atomic mass is 10.0. The third-order valence-corrected chi connectivity index (χ3v) is 3.28. The average molecular weight is 314 g/mol. The molecule has 0 bridgehead atoms. The van der Waals surface area contributed by atoms with Crippen molar-refractivity contribution in [2.75, 3.05) is 0 Å². The molecule has 0 saturated carbocycles. The van der Waals surface area contributed by atoms with Crippen LogP contribution in [-0.4, -0.2) is 5.78 Å². The molecule has 0 aromatic heterocycles. The second kappa shape index (κ2) is 4.98. The summed E-state index contributed by atoms with van der Waals surface area (Å²) in [5, 5.41) is -0.0529. The Kier molecular flexibility index (Phi) is 3.60. The van der Waals surface area contributed by atoms with E-state index in [1.54, 1.807) is 18.2 Å². The molecule has 2 rings (SSSR count). The Hall–Kier alpha value is -1.19. The first-order valence-corrected chi connectivity index (χ1v) is 6.01. The van der Waals surface area contributed by atoms with Gasteiger partial charge in [0.05, 0.1) is 5.02 Å². The highest BCUT2D eigenvalue weighted by Crippen LogP contribution is 2.22. The third-order valence-electron chi connectivity index (χ3n) is 2.30. The van der Waals surface area contributed by atoms with Gasteiger partial charge >= 0.3 is 0 Å². The van der Waals surface area contributed by atoms with Crippen molar-refractivity contribution in [3.8, 4) is 0 Å². The van der Waals surface area contributed by atoms with Crippen molar-refractivity contribution in [3.63, 3.8) is 0 Å². The van der Waals surface area contributed by atoms with Gasteiger partial charge in [0.1, 0.15) is 5.82 Å². The van der Waals surface area contributed by atoms with Crippen molar-refractivity contribution in [1.82, 2.24) is 0 Å². The lowest BCUT2D eigenvalue weighted by Gasteiger charge is -2.04. The van der Waals surface area contributed by atoms with Gasteiger partial charge in [-0.1, -0.05) is 39.7 Å². The van der Waals surface area contributed by atoms with Crippen LogP contribution in [0.3, 0.4) is 0 Å². The minimum Gasteiger partial charge on any atom is -0.289 e. The van der Waals surface area contributed by atoms with Crippen LogP contribution >= 0.6 is 27.5 Å². The zero-order valence-corrected chi connectivity index (χ0v) is 10.9. The van der Waals surface area contributed by atoms with Crippen molar-refractivity contribution in [2.24, 2.45) is 0 Å². The second-order valence-electron chi connectivity index (χ2n) is 3.44. The molecule has 0 unspecified atom stereocenters. The first-order valence-electron chi connectivity index (χ1n) is 4.84. The van der Waals surface area contributed by atoms with Gasteiger partial charge in [-0.25, -0.2) is 4.39 Å². The van der Waals surface area contributed by atoms with Crippen LogP contribution in [0.15, 0.2) is 46.9 Å². The lowest BCUT2D eigenvalue weighted by molar-refractivity contribution is 0.103. The van der Waals surface area contributed by atoms with Gasteiger partial charge < -0.3 is 0 Å². The van der Waals surface area contributed by atoms with Crippen LogP contribution in [-0.2, 0) is 0 Å². The molecular weight excluding hydrogens is 306 g/mol. The fourth-order valence-electron chi connectivity index (χ4n) is 1.44. The van der Waals surface area contributed by atoms with Crippen molar-refractivity contribution in [3.05, 3.63) is 68.9 Å². The number of hydrogen-bond donors (Lipinski definition) is 0. The molecule has 0 fully saturated rings. The Morgan fingerprint density at radius 2 is 1.88 bits per heavy atom. The van der Waals surface area contributed by atoms with E-state index in [0.717, 1.165) is 0 Å². The molecule has 0 aliphatic carbocycles. The quantitative estimate of drug-likeness (QED) is 0.748. The summed E-state index contributed by atoms with van der Waals surface area (Å²) in [6, 6.07) is 11.0. The molecule has 1 nitrogen and oxygen atoms in total. The van der Waals surface area contributed by atoms with Crippen LogP contribution in [0, 0.1) is 5.82 Å². The van der Waals surface area contributed by atoms with Gasteiger partial charge in [-0.3, -0.25) is 4.79 Å². The first kappa shape index (κ1) is 12.3. The average Bonchev–Trinajstić information content (AvgIpc) is 2.32. The van der Waals surface area contributed by atoms with E-state index in [9.17, 15) is 9.18 Å². The molecule has 0 heterocycles. The number of hydrogen-bond acceptors (Lipinski definition) is 1. The minimum absolute atomic E-state index is 0.0529. The topological polar surface area (TPSA) is 17.1 Å². The van der Waals surface area contributed by atoms with E-state index in [0.29, 0.717) is 15.6 Å². The molecule has 0 N–H and O–H groups in total. The summed E-state index contributed by atoms with van der Waals surface area (Å²) in [6.45, 7) is 0. The van der Waals surface area contributed by atoms with E-state index >= 15 is 0 Å². The fraction of sp³-hybridized carbons (Fsp3) is 0. The van der Waals surface area contributed by atoms with Crippen molar-refractivity contribution in [1.29, 1.82) is 0 Å². The maximum atomic E-state index is 13.0. The highest BCUT2D eigenvalue weighted by atomic mass is 79.9.